The average molecular weight is 216 g/mol. The van der Waals surface area contributed by atoms with Gasteiger partial charge in [0.25, 0.3) is 0 Å². The fourth-order valence-corrected chi connectivity index (χ4v) is 1.78. The number of benzene rings is 1. The molecule has 0 saturated heterocycles. The Morgan fingerprint density at radius 1 is 1.44 bits per heavy atom. The highest BCUT2D eigenvalue weighted by Crippen LogP contribution is 2.24. The summed E-state index contributed by atoms with van der Waals surface area (Å²) in [4.78, 5) is 7.14. The second kappa shape index (κ2) is 4.94. The molecule has 0 aliphatic carbocycles. The Balaban J connectivity index is 2.33. The van der Waals surface area contributed by atoms with E-state index in [9.17, 15) is 0 Å². The molecule has 3 nitrogen and oxygen atoms in total. The molecule has 1 aromatic heterocycles. The van der Waals surface area contributed by atoms with Crippen LogP contribution in [0.15, 0.2) is 36.8 Å². The van der Waals surface area contributed by atoms with Gasteiger partial charge in [-0.2, -0.15) is 0 Å². The molecule has 1 heterocycles. The first kappa shape index (κ1) is 10.9. The molecular weight excluding hydrogens is 200 g/mol. The first-order valence-electron chi connectivity index (χ1n) is 5.47. The van der Waals surface area contributed by atoms with Gasteiger partial charge in [-0.25, -0.2) is 4.98 Å². The number of imidazole rings is 1. The van der Waals surface area contributed by atoms with Gasteiger partial charge in [0.2, 0.25) is 0 Å². The number of aromatic nitrogens is 2. The van der Waals surface area contributed by atoms with Gasteiger partial charge in [-0.3, -0.25) is 0 Å². The van der Waals surface area contributed by atoms with Gasteiger partial charge in [-0.15, -0.1) is 0 Å². The molecule has 1 N–H and O–H groups in total. The monoisotopic (exact) mass is 216 g/mol. The van der Waals surface area contributed by atoms with Gasteiger partial charge >= 0.3 is 0 Å². The van der Waals surface area contributed by atoms with Crippen LogP contribution >= 0.6 is 0 Å². The highest BCUT2D eigenvalue weighted by molar-refractivity contribution is 5.28. The third kappa shape index (κ3) is 2.31. The van der Waals surface area contributed by atoms with Crippen molar-refractivity contribution in [3.63, 3.8) is 0 Å². The van der Waals surface area contributed by atoms with Gasteiger partial charge in [0, 0.05) is 6.61 Å². The number of H-pyrrole nitrogens is 1. The molecule has 0 bridgehead atoms. The Bertz CT molecular complexity index is 437. The standard InChI is InChI=1S/C13H16N2O/c1-3-16-13(12-8-14-9-15-12)11-6-4-5-10(2)7-11/h4-9,13H,3H2,1-2H3,(H,14,15). The molecule has 2 rings (SSSR count). The zero-order valence-corrected chi connectivity index (χ0v) is 9.60. The van der Waals surface area contributed by atoms with Crippen LogP contribution in [-0.4, -0.2) is 16.6 Å². The van der Waals surface area contributed by atoms with E-state index in [2.05, 4.69) is 35.1 Å². The summed E-state index contributed by atoms with van der Waals surface area (Å²) in [6.45, 7) is 4.76. The van der Waals surface area contributed by atoms with Crippen LogP contribution in [0.5, 0.6) is 0 Å². The Kier molecular flexibility index (Phi) is 3.37. The number of nitrogens with zero attached hydrogens (tertiary/aromatic N) is 1. The Morgan fingerprint density at radius 3 is 2.94 bits per heavy atom. The minimum absolute atomic E-state index is 0.0487. The first-order valence-corrected chi connectivity index (χ1v) is 5.47. The highest BCUT2D eigenvalue weighted by Gasteiger charge is 2.15. The fourth-order valence-electron chi connectivity index (χ4n) is 1.78. The second-order valence-electron chi connectivity index (χ2n) is 3.76. The lowest BCUT2D eigenvalue weighted by molar-refractivity contribution is 0.0886. The first-order chi connectivity index (χ1) is 7.81. The van der Waals surface area contributed by atoms with E-state index in [0.29, 0.717) is 6.61 Å². The van der Waals surface area contributed by atoms with Crippen LogP contribution in [0.4, 0.5) is 0 Å². The van der Waals surface area contributed by atoms with Crippen LogP contribution in [0.25, 0.3) is 0 Å². The topological polar surface area (TPSA) is 37.9 Å². The van der Waals surface area contributed by atoms with E-state index in [0.717, 1.165) is 11.3 Å². The molecule has 0 radical (unpaired) electrons. The van der Waals surface area contributed by atoms with Crippen molar-refractivity contribution in [2.75, 3.05) is 6.61 Å². The summed E-state index contributed by atoms with van der Waals surface area (Å²) in [7, 11) is 0. The number of hydrogen-bond acceptors (Lipinski definition) is 2. The minimum Gasteiger partial charge on any atom is -0.367 e. The van der Waals surface area contributed by atoms with E-state index in [1.807, 2.05) is 19.2 Å². The van der Waals surface area contributed by atoms with E-state index in [4.69, 9.17) is 4.74 Å². The molecule has 0 aliphatic heterocycles. The maximum atomic E-state index is 5.76. The smallest absolute Gasteiger partial charge is 0.124 e. The van der Waals surface area contributed by atoms with E-state index < -0.39 is 0 Å². The number of nitrogens with one attached hydrogen (secondary N) is 1. The summed E-state index contributed by atoms with van der Waals surface area (Å²) in [5.41, 5.74) is 3.39. The van der Waals surface area contributed by atoms with Gasteiger partial charge in [-0.1, -0.05) is 29.8 Å². The predicted molar refractivity (Wildman–Crippen MR) is 63.2 cm³/mol. The molecule has 3 heteroatoms. The summed E-state index contributed by atoms with van der Waals surface area (Å²) < 4.78 is 5.76. The van der Waals surface area contributed by atoms with Crippen LogP contribution in [0.2, 0.25) is 0 Å². The lowest BCUT2D eigenvalue weighted by Gasteiger charge is -2.16. The van der Waals surface area contributed by atoms with Gasteiger partial charge in [-0.05, 0) is 19.4 Å². The van der Waals surface area contributed by atoms with Crippen LogP contribution < -0.4 is 0 Å². The molecule has 84 valence electrons. The lowest BCUT2D eigenvalue weighted by atomic mass is 10.0. The van der Waals surface area contributed by atoms with Crippen molar-refractivity contribution in [3.8, 4) is 0 Å². The third-order valence-electron chi connectivity index (χ3n) is 2.48. The molecule has 0 amide bonds. The summed E-state index contributed by atoms with van der Waals surface area (Å²) in [5, 5.41) is 0. The fraction of sp³-hybridized carbons (Fsp3) is 0.308. The Labute approximate surface area is 95.5 Å². The number of aromatic amines is 1. The summed E-state index contributed by atoms with van der Waals surface area (Å²) in [5.74, 6) is 0. The van der Waals surface area contributed by atoms with Crippen LogP contribution in [0.3, 0.4) is 0 Å². The van der Waals surface area contributed by atoms with E-state index in [1.54, 1.807) is 6.33 Å². The van der Waals surface area contributed by atoms with Gasteiger partial charge in [0.1, 0.15) is 6.10 Å². The predicted octanol–water partition coefficient (Wildman–Crippen LogP) is 2.84. The van der Waals surface area contributed by atoms with Crippen molar-refractivity contribution in [1.29, 1.82) is 0 Å². The minimum atomic E-state index is -0.0487. The summed E-state index contributed by atoms with van der Waals surface area (Å²) >= 11 is 0. The molecule has 1 atom stereocenters. The molecule has 0 fully saturated rings. The summed E-state index contributed by atoms with van der Waals surface area (Å²) in [6, 6.07) is 8.35. The lowest BCUT2D eigenvalue weighted by Crippen LogP contribution is -2.06. The zero-order valence-electron chi connectivity index (χ0n) is 9.60. The van der Waals surface area contributed by atoms with E-state index in [1.165, 1.54) is 5.56 Å². The molecule has 0 saturated carbocycles. The second-order valence-corrected chi connectivity index (χ2v) is 3.76. The van der Waals surface area contributed by atoms with Crippen molar-refractivity contribution >= 4 is 0 Å². The molecular formula is C13H16N2O. The number of aryl methyl sites for hydroxylation is 1. The van der Waals surface area contributed by atoms with Gasteiger partial charge in [0.15, 0.2) is 0 Å². The quantitative estimate of drug-likeness (QED) is 0.853. The van der Waals surface area contributed by atoms with E-state index >= 15 is 0 Å². The van der Waals surface area contributed by atoms with Crippen molar-refractivity contribution in [2.45, 2.75) is 20.0 Å². The maximum absolute atomic E-state index is 5.76. The molecule has 0 aliphatic rings. The van der Waals surface area contributed by atoms with Crippen LogP contribution in [-0.2, 0) is 4.74 Å². The third-order valence-corrected chi connectivity index (χ3v) is 2.48. The summed E-state index contributed by atoms with van der Waals surface area (Å²) in [6.07, 6.45) is 3.44. The Morgan fingerprint density at radius 2 is 2.31 bits per heavy atom. The van der Waals surface area contributed by atoms with Gasteiger partial charge < -0.3 is 9.72 Å². The zero-order chi connectivity index (χ0) is 11.4. The Hall–Kier alpha value is -1.61. The SMILES string of the molecule is CCOC(c1cccc(C)c1)c1cnc[nH]1. The average Bonchev–Trinajstić information content (AvgIpc) is 2.79. The van der Waals surface area contributed by atoms with Crippen molar-refractivity contribution < 1.29 is 4.74 Å². The molecule has 1 aromatic carbocycles. The van der Waals surface area contributed by atoms with Gasteiger partial charge in [0.05, 0.1) is 18.2 Å². The normalized spacial score (nSPS) is 12.6. The highest BCUT2D eigenvalue weighted by atomic mass is 16.5. The number of rotatable bonds is 4. The molecule has 1 unspecified atom stereocenters. The largest absolute Gasteiger partial charge is 0.367 e. The molecule has 16 heavy (non-hydrogen) atoms. The van der Waals surface area contributed by atoms with Crippen molar-refractivity contribution in [2.24, 2.45) is 0 Å². The van der Waals surface area contributed by atoms with Crippen molar-refractivity contribution in [1.82, 2.24) is 9.97 Å². The van der Waals surface area contributed by atoms with Crippen LogP contribution in [0.1, 0.15) is 29.8 Å². The van der Waals surface area contributed by atoms with Crippen molar-refractivity contribution in [3.05, 3.63) is 53.6 Å². The maximum Gasteiger partial charge on any atom is 0.124 e. The van der Waals surface area contributed by atoms with Crippen LogP contribution in [0, 0.1) is 6.92 Å². The van der Waals surface area contributed by atoms with E-state index in [-0.39, 0.29) is 6.10 Å². The number of ether oxygens (including phenoxy) is 1. The molecule has 0 spiro atoms. The molecule has 2 aromatic rings. The number of hydrogen-bond donors (Lipinski definition) is 1.